The van der Waals surface area contributed by atoms with E-state index in [1.807, 2.05) is 67.3 Å². The predicted molar refractivity (Wildman–Crippen MR) is 96.0 cm³/mol. The van der Waals surface area contributed by atoms with E-state index in [1.54, 1.807) is 0 Å². The monoisotopic (exact) mass is 342 g/mol. The molecule has 0 amide bonds. The molecule has 0 radical (unpaired) electrons. The van der Waals surface area contributed by atoms with Gasteiger partial charge in [0, 0.05) is 5.69 Å². The predicted octanol–water partition coefficient (Wildman–Crippen LogP) is 2.28. The highest BCUT2D eigenvalue weighted by atomic mass is 16.5. The normalized spacial score (nSPS) is 11.5. The van der Waals surface area contributed by atoms with Crippen LogP contribution in [-0.4, -0.2) is 32.3 Å². The number of carbonyl (C=O) groups excluding carboxylic acids is 1. The first kappa shape index (κ1) is 18.4. The number of para-hydroxylation sites is 1. The molecule has 0 spiro atoms. The smallest absolute Gasteiger partial charge is 0.325 e. The molecule has 25 heavy (non-hydrogen) atoms. The van der Waals surface area contributed by atoms with Crippen molar-refractivity contribution in [1.82, 2.24) is 0 Å². The molecule has 1 atom stereocenters. The van der Waals surface area contributed by atoms with Gasteiger partial charge in [-0.15, -0.1) is 0 Å². The third kappa shape index (κ3) is 5.04. The first-order chi connectivity index (χ1) is 12.0. The van der Waals surface area contributed by atoms with Crippen molar-refractivity contribution in [1.29, 1.82) is 0 Å². The van der Waals surface area contributed by atoms with E-state index in [0.29, 0.717) is 6.61 Å². The average Bonchev–Trinajstić information content (AvgIpc) is 2.64. The van der Waals surface area contributed by atoms with E-state index in [4.69, 9.17) is 15.0 Å². The summed E-state index contributed by atoms with van der Waals surface area (Å²) in [6.45, 7) is 4.50. The number of hydrogen-bond donors (Lipinski definition) is 1. The van der Waals surface area contributed by atoms with Gasteiger partial charge in [0.25, 0.3) is 0 Å². The Kier molecular flexibility index (Phi) is 6.51. The van der Waals surface area contributed by atoms with Crippen molar-refractivity contribution in [3.63, 3.8) is 0 Å². The third-order valence-electron chi connectivity index (χ3n) is 3.94. The number of benzene rings is 2. The van der Waals surface area contributed by atoms with Gasteiger partial charge < -0.3 is 14.4 Å². The van der Waals surface area contributed by atoms with Crippen molar-refractivity contribution >= 4 is 17.3 Å². The number of hydrogen-bond acceptors (Lipinski definition) is 5. The molecular formula is C19H24N3O3+. The number of aryl methyl sites for hydroxylation is 1. The van der Waals surface area contributed by atoms with E-state index in [2.05, 4.69) is 5.11 Å². The number of rotatable bonds is 8. The number of ether oxygens (including phenoxy) is 2. The first-order valence-electron chi connectivity index (χ1n) is 8.08. The van der Waals surface area contributed by atoms with E-state index in [9.17, 15) is 4.79 Å². The van der Waals surface area contributed by atoms with Crippen LogP contribution in [0.15, 0.2) is 53.6 Å². The van der Waals surface area contributed by atoms with Gasteiger partial charge in [0.1, 0.15) is 24.6 Å². The van der Waals surface area contributed by atoms with Crippen LogP contribution in [0.5, 0.6) is 5.75 Å². The van der Waals surface area contributed by atoms with Gasteiger partial charge in [-0.25, -0.2) is 0 Å². The lowest BCUT2D eigenvalue weighted by Crippen LogP contribution is -2.41. The van der Waals surface area contributed by atoms with Crippen LogP contribution >= 0.6 is 0 Å². The van der Waals surface area contributed by atoms with E-state index in [1.165, 1.54) is 7.11 Å². The lowest BCUT2D eigenvalue weighted by Gasteiger charge is -2.30. The van der Waals surface area contributed by atoms with Gasteiger partial charge in [-0.2, -0.15) is 5.53 Å². The molecule has 2 N–H and O–H groups in total. The van der Waals surface area contributed by atoms with Gasteiger partial charge >= 0.3 is 5.97 Å². The highest BCUT2D eigenvalue weighted by Crippen LogP contribution is 2.25. The molecule has 2 rings (SSSR count). The number of carbonyl (C=O) groups is 1. The quantitative estimate of drug-likeness (QED) is 0.590. The Balaban J connectivity index is 2.17. The second-order valence-electron chi connectivity index (χ2n) is 5.78. The summed E-state index contributed by atoms with van der Waals surface area (Å²) in [5, 5.41) is 3.73. The summed E-state index contributed by atoms with van der Waals surface area (Å²) in [7, 11) is 1.38. The molecule has 0 fully saturated rings. The second-order valence-corrected chi connectivity index (χ2v) is 5.78. The fourth-order valence-electron chi connectivity index (χ4n) is 2.49. The van der Waals surface area contributed by atoms with Crippen molar-refractivity contribution in [2.24, 2.45) is 5.11 Å². The number of methoxy groups -OCH3 is 1. The van der Waals surface area contributed by atoms with Crippen LogP contribution in [0.25, 0.3) is 0 Å². The zero-order valence-electron chi connectivity index (χ0n) is 14.8. The van der Waals surface area contributed by atoms with Crippen LogP contribution in [0.1, 0.15) is 12.5 Å². The summed E-state index contributed by atoms with van der Waals surface area (Å²) >= 11 is 0. The minimum absolute atomic E-state index is 0.0422. The minimum atomic E-state index is -0.309. The molecule has 0 aromatic heterocycles. The largest absolute Gasteiger partial charge is 0.491 e. The molecule has 0 saturated carbocycles. The van der Waals surface area contributed by atoms with Crippen LogP contribution < -0.4 is 15.2 Å². The lowest BCUT2D eigenvalue weighted by atomic mass is 10.1. The first-order valence-corrected chi connectivity index (χ1v) is 8.08. The van der Waals surface area contributed by atoms with Crippen LogP contribution in [0, 0.1) is 6.92 Å². The van der Waals surface area contributed by atoms with E-state index < -0.39 is 0 Å². The number of nitrogens with two attached hydrogens (primary N) is 1. The number of esters is 1. The lowest BCUT2D eigenvalue weighted by molar-refractivity contribution is -0.210. The molecule has 0 aliphatic carbocycles. The average molecular weight is 342 g/mol. The Morgan fingerprint density at radius 2 is 1.96 bits per heavy atom. The molecule has 2 aromatic carbocycles. The highest BCUT2D eigenvalue weighted by molar-refractivity contribution is 5.76. The fourth-order valence-corrected chi connectivity index (χ4v) is 2.49. The van der Waals surface area contributed by atoms with E-state index in [-0.39, 0.29) is 18.6 Å². The topological polar surface area (TPSA) is 76.7 Å². The van der Waals surface area contributed by atoms with Crippen molar-refractivity contribution < 1.29 is 19.8 Å². The molecule has 1 unspecified atom stereocenters. The van der Waals surface area contributed by atoms with Gasteiger partial charge in [0.2, 0.25) is 0 Å². The molecule has 0 heterocycles. The molecule has 132 valence electrons. The second kappa shape index (κ2) is 8.82. The zero-order chi connectivity index (χ0) is 18.2. The van der Waals surface area contributed by atoms with Gasteiger partial charge in [-0.05, 0) is 54.9 Å². The van der Waals surface area contributed by atoms with E-state index >= 15 is 0 Å². The molecule has 0 saturated heterocycles. The maximum atomic E-state index is 11.8. The molecule has 2 aromatic rings. The number of nitrogens with zero attached hydrogens (tertiary/aromatic N) is 2. The molecule has 0 bridgehead atoms. The van der Waals surface area contributed by atoms with Crippen LogP contribution in [0.4, 0.5) is 11.4 Å². The molecule has 6 heteroatoms. The van der Waals surface area contributed by atoms with Crippen molar-refractivity contribution in [2.45, 2.75) is 19.9 Å². The molecule has 0 aliphatic rings. The Labute approximate surface area is 147 Å². The Morgan fingerprint density at radius 3 is 2.56 bits per heavy atom. The summed E-state index contributed by atoms with van der Waals surface area (Å²) < 4.78 is 10.7. The number of anilines is 1. The Bertz CT molecular complexity index is 719. The maximum absolute atomic E-state index is 11.8. The van der Waals surface area contributed by atoms with Crippen molar-refractivity contribution in [3.05, 3.63) is 54.1 Å². The Morgan fingerprint density at radius 1 is 1.24 bits per heavy atom. The maximum Gasteiger partial charge on any atom is 0.325 e. The fraction of sp³-hybridized carbons (Fsp3) is 0.316. The van der Waals surface area contributed by atoms with Crippen LogP contribution in [0.3, 0.4) is 0 Å². The summed E-state index contributed by atoms with van der Waals surface area (Å²) in [6.07, 6.45) is 0. The van der Waals surface area contributed by atoms with Crippen molar-refractivity contribution in [2.75, 3.05) is 25.2 Å². The SMILES string of the molecule is COC(=O)CN(c1ccc(N=[NH2+])c(C)c1)C(C)COc1ccccc1. The minimum Gasteiger partial charge on any atom is -0.491 e. The zero-order valence-corrected chi connectivity index (χ0v) is 14.8. The van der Waals surface area contributed by atoms with Crippen LogP contribution in [-0.2, 0) is 9.53 Å². The van der Waals surface area contributed by atoms with Gasteiger partial charge in [-0.1, -0.05) is 18.2 Å². The summed E-state index contributed by atoms with van der Waals surface area (Å²) in [5.41, 5.74) is 7.91. The Hall–Kier alpha value is -2.89. The summed E-state index contributed by atoms with van der Waals surface area (Å²) in [4.78, 5) is 13.8. The van der Waals surface area contributed by atoms with Gasteiger partial charge in [0.05, 0.1) is 13.2 Å². The molecule has 6 nitrogen and oxygen atoms in total. The van der Waals surface area contributed by atoms with Crippen LogP contribution in [0.2, 0.25) is 0 Å². The van der Waals surface area contributed by atoms with Gasteiger partial charge in [-0.3, -0.25) is 4.79 Å². The van der Waals surface area contributed by atoms with Crippen molar-refractivity contribution in [3.8, 4) is 5.75 Å². The highest BCUT2D eigenvalue weighted by Gasteiger charge is 2.20. The third-order valence-corrected chi connectivity index (χ3v) is 3.94. The summed E-state index contributed by atoms with van der Waals surface area (Å²) in [6, 6.07) is 15.2. The van der Waals surface area contributed by atoms with E-state index in [0.717, 1.165) is 22.7 Å². The summed E-state index contributed by atoms with van der Waals surface area (Å²) in [5.74, 6) is 0.484. The standard InChI is InChI=1S/C19H23N3O3/c1-14-11-16(9-10-18(14)21-20)22(12-19(23)24-3)15(2)13-25-17-7-5-4-6-8-17/h4-11,15,20H,12-13H2,1-3H3/p+1. The molecule has 0 aliphatic heterocycles. The van der Waals surface area contributed by atoms with Gasteiger partial charge in [0.15, 0.2) is 0 Å². The molecular weight excluding hydrogens is 318 g/mol.